The van der Waals surface area contributed by atoms with Gasteiger partial charge < -0.3 is 5.11 Å². The van der Waals surface area contributed by atoms with E-state index in [-0.39, 0.29) is 0 Å². The molecule has 0 bridgehead atoms. The van der Waals surface area contributed by atoms with Crippen molar-refractivity contribution in [3.63, 3.8) is 0 Å². The number of halogens is 1. The van der Waals surface area contributed by atoms with Crippen LogP contribution in [-0.4, -0.2) is 32.0 Å². The summed E-state index contributed by atoms with van der Waals surface area (Å²) in [7, 11) is 0. The Labute approximate surface area is 141 Å². The second-order valence-corrected chi connectivity index (χ2v) is 6.61. The summed E-state index contributed by atoms with van der Waals surface area (Å²) in [6.45, 7) is 1.74. The number of nitrogens with zero attached hydrogens (tertiary/aromatic N) is 3. The van der Waals surface area contributed by atoms with E-state index in [2.05, 4.69) is 38.0 Å². The summed E-state index contributed by atoms with van der Waals surface area (Å²) in [6.07, 6.45) is 4.99. The van der Waals surface area contributed by atoms with E-state index in [0.717, 1.165) is 32.0 Å². The maximum Gasteiger partial charge on any atom is 0.189 e. The Hall–Kier alpha value is -1.37. The van der Waals surface area contributed by atoms with E-state index in [0.29, 0.717) is 0 Å². The molecule has 1 aromatic carbocycles. The second kappa shape index (κ2) is 6.40. The second-order valence-electron chi connectivity index (χ2n) is 4.92. The van der Waals surface area contributed by atoms with Crippen LogP contribution in [0.3, 0.4) is 0 Å². The van der Waals surface area contributed by atoms with Crippen molar-refractivity contribution in [3.05, 3.63) is 53.1 Å². The van der Waals surface area contributed by atoms with Gasteiger partial charge in [-0.3, -0.25) is 4.57 Å². The van der Waals surface area contributed by atoms with Gasteiger partial charge in [-0.15, -0.1) is 0 Å². The van der Waals surface area contributed by atoms with Gasteiger partial charge in [0.2, 0.25) is 0 Å². The smallest absolute Gasteiger partial charge is 0.189 e. The molecule has 0 aliphatic carbocycles. The molecule has 0 saturated heterocycles. The first-order valence-corrected chi connectivity index (χ1v) is 8.81. The van der Waals surface area contributed by atoms with E-state index >= 15 is 0 Å². The Bertz CT molecular complexity index is 816. The zero-order valence-electron chi connectivity index (χ0n) is 12.2. The number of hydrogen-bond donors (Lipinski definition) is 1. The number of rotatable bonds is 4. The van der Waals surface area contributed by atoms with Crippen molar-refractivity contribution < 1.29 is 5.11 Å². The molecule has 4 nitrogen and oxygen atoms in total. The van der Waals surface area contributed by atoms with Crippen LogP contribution in [-0.2, 0) is 0 Å². The lowest BCUT2D eigenvalue weighted by Crippen LogP contribution is -2.08. The van der Waals surface area contributed by atoms with Crippen LogP contribution in [0.5, 0.6) is 0 Å². The Balaban J connectivity index is 2.25. The molecule has 1 unspecified atom stereocenters. The van der Waals surface area contributed by atoms with Gasteiger partial charge in [0.1, 0.15) is 5.82 Å². The first-order chi connectivity index (χ1) is 10.6. The summed E-state index contributed by atoms with van der Waals surface area (Å²) in [4.78, 5) is 8.80. The predicted molar refractivity (Wildman–Crippen MR) is 93.4 cm³/mol. The molecule has 2 aromatic heterocycles. The minimum Gasteiger partial charge on any atom is -0.393 e. The topological polar surface area (TPSA) is 50.9 Å². The average molecular weight is 377 g/mol. The monoisotopic (exact) mass is 376 g/mol. The van der Waals surface area contributed by atoms with Crippen LogP contribution in [0, 0.1) is 6.42 Å². The summed E-state index contributed by atoms with van der Waals surface area (Å²) >= 11 is 5.02. The first kappa shape index (κ1) is 15.5. The fourth-order valence-electron chi connectivity index (χ4n) is 2.38. The summed E-state index contributed by atoms with van der Waals surface area (Å²) in [5.41, 5.74) is 1.95. The summed E-state index contributed by atoms with van der Waals surface area (Å²) in [5, 5.41) is 11.6. The number of fused-ring (bicyclic) bond motifs is 1. The molecule has 22 heavy (non-hydrogen) atoms. The standard InChI is InChI=1S/C16H15BrN3OS/c1-10(21)7-13-8-11-3-4-12(17)9-14(11)20(13)15-5-6-18-16(19-15)22-2/h3-10,21H,1-2H3. The number of benzene rings is 1. The van der Waals surface area contributed by atoms with Crippen molar-refractivity contribution >= 4 is 38.6 Å². The zero-order valence-corrected chi connectivity index (χ0v) is 14.6. The third-order valence-corrected chi connectivity index (χ3v) is 4.29. The minimum atomic E-state index is -0.534. The van der Waals surface area contributed by atoms with E-state index in [1.165, 1.54) is 11.8 Å². The van der Waals surface area contributed by atoms with E-state index in [1.807, 2.05) is 35.4 Å². The third-order valence-electron chi connectivity index (χ3n) is 3.24. The molecule has 3 aromatic rings. The highest BCUT2D eigenvalue weighted by Crippen LogP contribution is 2.28. The minimum absolute atomic E-state index is 0.534. The van der Waals surface area contributed by atoms with Gasteiger partial charge in [0, 0.05) is 28.2 Å². The number of aromatic nitrogens is 3. The van der Waals surface area contributed by atoms with Gasteiger partial charge in [-0.25, -0.2) is 9.97 Å². The Kier molecular flexibility index (Phi) is 4.52. The first-order valence-electron chi connectivity index (χ1n) is 6.80. The molecule has 0 amide bonds. The predicted octanol–water partition coefficient (Wildman–Crippen LogP) is 3.84. The van der Waals surface area contributed by atoms with Crippen LogP contribution in [0.15, 0.2) is 46.2 Å². The number of aliphatic hydroxyl groups excluding tert-OH is 1. The molecule has 3 rings (SSSR count). The highest BCUT2D eigenvalue weighted by Gasteiger charge is 2.14. The van der Waals surface area contributed by atoms with Gasteiger partial charge in [0.05, 0.1) is 11.6 Å². The Morgan fingerprint density at radius 1 is 1.32 bits per heavy atom. The molecule has 6 heteroatoms. The van der Waals surface area contributed by atoms with Crippen molar-refractivity contribution in [3.8, 4) is 5.82 Å². The number of hydrogen-bond acceptors (Lipinski definition) is 4. The van der Waals surface area contributed by atoms with Crippen LogP contribution in [0.25, 0.3) is 16.7 Å². The van der Waals surface area contributed by atoms with Crippen molar-refractivity contribution in [1.82, 2.24) is 14.5 Å². The summed E-state index contributed by atoms with van der Waals surface area (Å²) < 4.78 is 3.04. The zero-order chi connectivity index (χ0) is 15.7. The van der Waals surface area contributed by atoms with Gasteiger partial charge in [-0.1, -0.05) is 33.8 Å². The van der Waals surface area contributed by atoms with Gasteiger partial charge >= 0.3 is 0 Å². The van der Waals surface area contributed by atoms with E-state index < -0.39 is 6.10 Å². The molecule has 0 fully saturated rings. The Morgan fingerprint density at radius 3 is 2.86 bits per heavy atom. The van der Waals surface area contributed by atoms with Crippen molar-refractivity contribution in [2.24, 2.45) is 0 Å². The largest absolute Gasteiger partial charge is 0.393 e. The van der Waals surface area contributed by atoms with Gasteiger partial charge in [0.15, 0.2) is 5.16 Å². The molecule has 113 valence electrons. The van der Waals surface area contributed by atoms with Crippen molar-refractivity contribution in [1.29, 1.82) is 0 Å². The van der Waals surface area contributed by atoms with Crippen LogP contribution in [0.2, 0.25) is 0 Å². The lowest BCUT2D eigenvalue weighted by Gasteiger charge is -2.11. The quantitative estimate of drug-likeness (QED) is 0.555. The molecule has 1 N–H and O–H groups in total. The molecule has 0 saturated carbocycles. The number of aliphatic hydroxyl groups is 1. The van der Waals surface area contributed by atoms with Gasteiger partial charge in [-0.05, 0) is 37.4 Å². The molecule has 0 aliphatic rings. The van der Waals surface area contributed by atoms with Crippen LogP contribution < -0.4 is 0 Å². The summed E-state index contributed by atoms with van der Waals surface area (Å²) in [6, 6.07) is 10.0. The van der Waals surface area contributed by atoms with Crippen LogP contribution >= 0.6 is 27.7 Å². The van der Waals surface area contributed by atoms with Crippen molar-refractivity contribution in [2.45, 2.75) is 18.2 Å². The number of thioether (sulfide) groups is 1. The molecule has 0 spiro atoms. The SMILES string of the molecule is CSc1nccc(-n2c([CH]C(C)O)cc3ccc(Br)cc32)n1. The van der Waals surface area contributed by atoms with Gasteiger partial charge in [0.25, 0.3) is 0 Å². The van der Waals surface area contributed by atoms with E-state index in [9.17, 15) is 5.11 Å². The maximum absolute atomic E-state index is 9.74. The third kappa shape index (κ3) is 3.04. The lowest BCUT2D eigenvalue weighted by molar-refractivity contribution is 0.230. The lowest BCUT2D eigenvalue weighted by atomic mass is 10.2. The van der Waals surface area contributed by atoms with Gasteiger partial charge in [-0.2, -0.15) is 0 Å². The fraction of sp³-hybridized carbons (Fsp3) is 0.188. The molecule has 1 atom stereocenters. The molecular formula is C16H15BrN3OS. The molecule has 2 heterocycles. The average Bonchev–Trinajstić information content (AvgIpc) is 2.83. The molecule has 0 aliphatic heterocycles. The normalized spacial score (nSPS) is 12.7. The Morgan fingerprint density at radius 2 is 2.14 bits per heavy atom. The molecule has 1 radical (unpaired) electrons. The molecular weight excluding hydrogens is 362 g/mol. The maximum atomic E-state index is 9.74. The highest BCUT2D eigenvalue weighted by molar-refractivity contribution is 9.10. The van der Waals surface area contributed by atoms with Crippen molar-refractivity contribution in [2.75, 3.05) is 6.26 Å². The van der Waals surface area contributed by atoms with E-state index in [1.54, 1.807) is 13.1 Å². The highest BCUT2D eigenvalue weighted by atomic mass is 79.9. The summed E-state index contributed by atoms with van der Waals surface area (Å²) in [5.74, 6) is 0.791. The van der Waals surface area contributed by atoms with E-state index in [4.69, 9.17) is 0 Å². The van der Waals surface area contributed by atoms with Crippen LogP contribution in [0.1, 0.15) is 12.6 Å². The fourth-order valence-corrected chi connectivity index (χ4v) is 3.08. The van der Waals surface area contributed by atoms with Crippen LogP contribution in [0.4, 0.5) is 0 Å².